The molecule has 1 saturated heterocycles. The highest BCUT2D eigenvalue weighted by atomic mass is 16.5. The van der Waals surface area contributed by atoms with Crippen molar-refractivity contribution in [3.05, 3.63) is 71.8 Å². The number of likely N-dealkylation sites (tertiary alicyclic amines) is 1. The van der Waals surface area contributed by atoms with E-state index in [0.717, 1.165) is 45.3 Å². The third kappa shape index (κ3) is 5.91. The van der Waals surface area contributed by atoms with E-state index in [4.69, 9.17) is 4.74 Å². The van der Waals surface area contributed by atoms with Crippen molar-refractivity contribution in [2.45, 2.75) is 38.3 Å². The Morgan fingerprint density at radius 1 is 1.07 bits per heavy atom. The highest BCUT2D eigenvalue weighted by Gasteiger charge is 2.35. The second-order valence-electron chi connectivity index (χ2n) is 7.61. The van der Waals surface area contributed by atoms with Crippen LogP contribution in [0.5, 0.6) is 0 Å². The fraction of sp³-hybridized carbons (Fsp3) is 0.458. The molecule has 1 amide bonds. The second kappa shape index (κ2) is 11.0. The number of benzene rings is 2. The number of nitrogens with one attached hydrogen (secondary N) is 1. The molecule has 0 saturated carbocycles. The number of aryl methyl sites for hydroxylation is 1. The molecule has 0 unspecified atom stereocenters. The number of piperidine rings is 1. The van der Waals surface area contributed by atoms with Crippen molar-refractivity contribution in [2.24, 2.45) is 5.92 Å². The Kier molecular flexibility index (Phi) is 8.07. The lowest BCUT2D eigenvalue weighted by atomic mass is 9.88. The summed E-state index contributed by atoms with van der Waals surface area (Å²) in [4.78, 5) is 15.3. The maximum absolute atomic E-state index is 12.9. The van der Waals surface area contributed by atoms with Gasteiger partial charge in [-0.05, 0) is 43.4 Å². The topological polar surface area (TPSA) is 41.6 Å². The van der Waals surface area contributed by atoms with Gasteiger partial charge in [-0.25, -0.2) is 0 Å². The number of carbonyl (C=O) groups excluding carboxylic acids is 1. The zero-order valence-corrected chi connectivity index (χ0v) is 16.8. The lowest BCUT2D eigenvalue weighted by molar-refractivity contribution is -0.130. The van der Waals surface area contributed by atoms with E-state index in [9.17, 15) is 4.79 Å². The van der Waals surface area contributed by atoms with Crippen molar-refractivity contribution < 1.29 is 9.53 Å². The van der Waals surface area contributed by atoms with Gasteiger partial charge in [0.1, 0.15) is 0 Å². The van der Waals surface area contributed by atoms with Crippen LogP contribution in [0.25, 0.3) is 0 Å². The van der Waals surface area contributed by atoms with E-state index in [2.05, 4.69) is 58.7 Å². The van der Waals surface area contributed by atoms with Crippen LogP contribution in [0.2, 0.25) is 0 Å². The van der Waals surface area contributed by atoms with Gasteiger partial charge in [0.2, 0.25) is 5.91 Å². The first kappa shape index (κ1) is 20.6. The van der Waals surface area contributed by atoms with Gasteiger partial charge in [0.05, 0.1) is 12.5 Å². The Morgan fingerprint density at radius 2 is 1.75 bits per heavy atom. The summed E-state index contributed by atoms with van der Waals surface area (Å²) in [5, 5.41) is 3.17. The summed E-state index contributed by atoms with van der Waals surface area (Å²) >= 11 is 0. The first-order valence-electron chi connectivity index (χ1n) is 10.4. The molecule has 4 heteroatoms. The SMILES string of the molecule is COC[C@@H]1[C@H](C(=O)NCCCc2ccccc2)CCCN1Cc1ccccc1. The second-order valence-corrected chi connectivity index (χ2v) is 7.61. The van der Waals surface area contributed by atoms with Crippen LogP contribution in [-0.2, 0) is 22.5 Å². The molecule has 1 aliphatic rings. The van der Waals surface area contributed by atoms with Crippen molar-refractivity contribution >= 4 is 5.91 Å². The van der Waals surface area contributed by atoms with Crippen LogP contribution in [0.15, 0.2) is 60.7 Å². The van der Waals surface area contributed by atoms with Gasteiger partial charge in [0.15, 0.2) is 0 Å². The van der Waals surface area contributed by atoms with Gasteiger partial charge in [-0.1, -0.05) is 60.7 Å². The number of rotatable bonds is 9. The van der Waals surface area contributed by atoms with Crippen molar-refractivity contribution in [1.29, 1.82) is 0 Å². The Bertz CT molecular complexity index is 705. The summed E-state index contributed by atoms with van der Waals surface area (Å²) in [6.45, 7) is 3.20. The zero-order valence-electron chi connectivity index (χ0n) is 16.8. The molecule has 2 aromatic rings. The Balaban J connectivity index is 1.53. The molecule has 2 atom stereocenters. The minimum atomic E-state index is -0.00543. The lowest BCUT2D eigenvalue weighted by Crippen LogP contribution is -2.52. The summed E-state index contributed by atoms with van der Waals surface area (Å²) in [6.07, 6.45) is 3.94. The van der Waals surface area contributed by atoms with Gasteiger partial charge in [0.25, 0.3) is 0 Å². The number of hydrogen-bond acceptors (Lipinski definition) is 3. The normalized spacial score (nSPS) is 20.0. The fourth-order valence-electron chi connectivity index (χ4n) is 4.12. The molecule has 28 heavy (non-hydrogen) atoms. The average Bonchev–Trinajstić information content (AvgIpc) is 2.74. The van der Waals surface area contributed by atoms with Crippen molar-refractivity contribution in [1.82, 2.24) is 10.2 Å². The fourth-order valence-corrected chi connectivity index (χ4v) is 4.12. The van der Waals surface area contributed by atoms with Crippen molar-refractivity contribution in [2.75, 3.05) is 26.8 Å². The van der Waals surface area contributed by atoms with Gasteiger partial charge in [-0.2, -0.15) is 0 Å². The summed E-state index contributed by atoms with van der Waals surface area (Å²) in [5.41, 5.74) is 2.60. The van der Waals surface area contributed by atoms with Crippen molar-refractivity contribution in [3.63, 3.8) is 0 Å². The molecule has 150 valence electrons. The van der Waals surface area contributed by atoms with E-state index < -0.39 is 0 Å². The standard InChI is InChI=1S/C24H32N2O2/c1-28-19-23-22(15-9-17-26(23)18-21-12-6-3-7-13-21)24(27)25-16-8-14-20-10-4-2-5-11-20/h2-7,10-13,22-23H,8-9,14-19H2,1H3,(H,25,27)/t22-,23-/m1/s1. The molecule has 0 aromatic heterocycles. The van der Waals surface area contributed by atoms with Gasteiger partial charge in [-0.3, -0.25) is 9.69 Å². The Morgan fingerprint density at radius 3 is 2.43 bits per heavy atom. The minimum Gasteiger partial charge on any atom is -0.383 e. The van der Waals surface area contributed by atoms with Gasteiger partial charge in [0, 0.05) is 26.2 Å². The van der Waals surface area contributed by atoms with E-state index in [1.165, 1.54) is 11.1 Å². The molecule has 0 aliphatic carbocycles. The molecule has 1 fully saturated rings. The molecule has 2 aromatic carbocycles. The van der Waals surface area contributed by atoms with Crippen LogP contribution in [-0.4, -0.2) is 43.7 Å². The van der Waals surface area contributed by atoms with E-state index in [0.29, 0.717) is 6.61 Å². The van der Waals surface area contributed by atoms with Crippen LogP contribution in [0, 0.1) is 5.92 Å². The highest BCUT2D eigenvalue weighted by Crippen LogP contribution is 2.26. The number of ether oxygens (including phenoxy) is 1. The Hall–Kier alpha value is -2.17. The first-order valence-corrected chi connectivity index (χ1v) is 10.4. The summed E-state index contributed by atoms with van der Waals surface area (Å²) in [7, 11) is 1.73. The van der Waals surface area contributed by atoms with E-state index in [-0.39, 0.29) is 17.9 Å². The molecular weight excluding hydrogens is 348 g/mol. The Labute approximate surface area is 168 Å². The van der Waals surface area contributed by atoms with Gasteiger partial charge < -0.3 is 10.1 Å². The van der Waals surface area contributed by atoms with Crippen LogP contribution in [0.4, 0.5) is 0 Å². The highest BCUT2D eigenvalue weighted by molar-refractivity contribution is 5.79. The molecule has 1 aliphatic heterocycles. The number of hydrogen-bond donors (Lipinski definition) is 1. The van der Waals surface area contributed by atoms with E-state index >= 15 is 0 Å². The molecular formula is C24H32N2O2. The molecule has 3 rings (SSSR count). The average molecular weight is 381 g/mol. The minimum absolute atomic E-state index is 0.00543. The van der Waals surface area contributed by atoms with E-state index in [1.54, 1.807) is 7.11 Å². The lowest BCUT2D eigenvalue weighted by Gasteiger charge is -2.40. The number of methoxy groups -OCH3 is 1. The van der Waals surface area contributed by atoms with Crippen molar-refractivity contribution in [3.8, 4) is 0 Å². The maximum Gasteiger partial charge on any atom is 0.224 e. The number of nitrogens with zero attached hydrogens (tertiary/aromatic N) is 1. The molecule has 1 N–H and O–H groups in total. The summed E-state index contributed by atoms with van der Waals surface area (Å²) < 4.78 is 5.49. The zero-order chi connectivity index (χ0) is 19.6. The monoisotopic (exact) mass is 380 g/mol. The molecule has 4 nitrogen and oxygen atoms in total. The molecule has 0 bridgehead atoms. The van der Waals surface area contributed by atoms with E-state index in [1.807, 2.05) is 12.1 Å². The third-order valence-corrected chi connectivity index (χ3v) is 5.58. The van der Waals surface area contributed by atoms with Crippen LogP contribution in [0.1, 0.15) is 30.4 Å². The van der Waals surface area contributed by atoms with Crippen LogP contribution >= 0.6 is 0 Å². The number of carbonyl (C=O) groups is 1. The van der Waals surface area contributed by atoms with Gasteiger partial charge in [-0.15, -0.1) is 0 Å². The summed E-state index contributed by atoms with van der Waals surface area (Å²) in [5.74, 6) is 0.169. The molecule has 0 spiro atoms. The smallest absolute Gasteiger partial charge is 0.224 e. The van der Waals surface area contributed by atoms with Crippen LogP contribution in [0.3, 0.4) is 0 Å². The first-order chi connectivity index (χ1) is 13.8. The predicted molar refractivity (Wildman–Crippen MR) is 113 cm³/mol. The molecule has 0 radical (unpaired) electrons. The summed E-state index contributed by atoms with van der Waals surface area (Å²) in [6, 6.07) is 21.0. The van der Waals surface area contributed by atoms with Gasteiger partial charge >= 0.3 is 0 Å². The number of amides is 1. The predicted octanol–water partition coefficient (Wildman–Crippen LogP) is 3.66. The van der Waals surface area contributed by atoms with Crippen LogP contribution < -0.4 is 5.32 Å². The third-order valence-electron chi connectivity index (χ3n) is 5.58. The quantitative estimate of drug-likeness (QED) is 0.675. The maximum atomic E-state index is 12.9. The molecule has 1 heterocycles. The largest absolute Gasteiger partial charge is 0.383 e.